The molecule has 2 aliphatic heterocycles. The second kappa shape index (κ2) is 8.11. The summed E-state index contributed by atoms with van der Waals surface area (Å²) >= 11 is 0. The molecule has 0 unspecified atom stereocenters. The molecule has 162 valence electrons. The van der Waals surface area contributed by atoms with Crippen LogP contribution in [0.2, 0.25) is 0 Å². The second-order valence-corrected chi connectivity index (χ2v) is 8.82. The van der Waals surface area contributed by atoms with Gasteiger partial charge in [-0.25, -0.2) is 9.78 Å². The van der Waals surface area contributed by atoms with Gasteiger partial charge in [0.25, 0.3) is 0 Å². The van der Waals surface area contributed by atoms with Crippen LogP contribution in [0.15, 0.2) is 35.0 Å². The fourth-order valence-electron chi connectivity index (χ4n) is 3.67. The Morgan fingerprint density at radius 3 is 2.87 bits per heavy atom. The number of nitrogens with two attached hydrogens (primary N) is 1. The Morgan fingerprint density at radius 2 is 2.10 bits per heavy atom. The highest BCUT2D eigenvalue weighted by molar-refractivity contribution is 5.98. The van der Waals surface area contributed by atoms with Gasteiger partial charge in [0.1, 0.15) is 17.0 Å². The molecule has 0 aliphatic carbocycles. The molecule has 0 bridgehead atoms. The first-order chi connectivity index (χ1) is 14.7. The molecule has 3 heterocycles. The number of rotatable bonds is 5. The highest BCUT2D eigenvalue weighted by Crippen LogP contribution is 2.30. The summed E-state index contributed by atoms with van der Waals surface area (Å²) < 4.78 is 5.42. The Bertz CT molecular complexity index is 1090. The molecule has 0 saturated heterocycles. The van der Waals surface area contributed by atoms with Gasteiger partial charge in [-0.05, 0) is 57.7 Å². The molecule has 0 fully saturated rings. The standard InChI is InChI=1S/C23H27N5O3/c1-23(2,3)31-22(30)14-7-4-6-13(10-14)11-15(24)20(29)21-27-17-12-26-16-8-5-9-25-18(16)19(17)28-21/h4,6-7,9-10,15,26H,5,8,11-12,24H2,1-3H3,(H,27,28)/t15-/m0/s1. The first-order valence-electron chi connectivity index (χ1n) is 10.4. The van der Waals surface area contributed by atoms with E-state index in [0.29, 0.717) is 17.8 Å². The normalized spacial score (nSPS) is 16.3. The van der Waals surface area contributed by atoms with Gasteiger partial charge in [-0.2, -0.15) is 0 Å². The number of nitrogens with one attached hydrogen (secondary N) is 2. The van der Waals surface area contributed by atoms with Gasteiger partial charge in [0.05, 0.1) is 23.8 Å². The van der Waals surface area contributed by atoms with Gasteiger partial charge in [0.15, 0.2) is 5.82 Å². The molecule has 0 radical (unpaired) electrons. The summed E-state index contributed by atoms with van der Waals surface area (Å²) in [6.45, 7) is 6.04. The topological polar surface area (TPSA) is 122 Å². The maximum absolute atomic E-state index is 12.9. The number of aliphatic imine (C=N–C) groups is 1. The minimum Gasteiger partial charge on any atom is -0.456 e. The summed E-state index contributed by atoms with van der Waals surface area (Å²) in [5, 5.41) is 3.34. The number of ether oxygens (including phenoxy) is 1. The van der Waals surface area contributed by atoms with E-state index in [2.05, 4.69) is 20.3 Å². The third-order valence-corrected chi connectivity index (χ3v) is 5.10. The molecular formula is C23H27N5O3. The largest absolute Gasteiger partial charge is 0.456 e. The number of carbonyl (C=O) groups is 2. The molecule has 31 heavy (non-hydrogen) atoms. The van der Waals surface area contributed by atoms with Gasteiger partial charge in [0, 0.05) is 11.9 Å². The zero-order valence-corrected chi connectivity index (χ0v) is 18.0. The van der Waals surface area contributed by atoms with E-state index in [-0.39, 0.29) is 18.0 Å². The lowest BCUT2D eigenvalue weighted by Crippen LogP contribution is -2.33. The number of benzene rings is 1. The fraction of sp³-hybridized carbons (Fsp3) is 0.391. The van der Waals surface area contributed by atoms with Crippen molar-refractivity contribution in [1.29, 1.82) is 0 Å². The number of allylic oxidation sites excluding steroid dienone is 1. The van der Waals surface area contributed by atoms with Crippen molar-refractivity contribution >= 4 is 23.7 Å². The predicted octanol–water partition coefficient (Wildman–Crippen LogP) is 2.75. The van der Waals surface area contributed by atoms with Crippen LogP contribution in [0.25, 0.3) is 5.70 Å². The second-order valence-electron chi connectivity index (χ2n) is 8.82. The van der Waals surface area contributed by atoms with E-state index < -0.39 is 17.6 Å². The van der Waals surface area contributed by atoms with Crippen molar-refractivity contribution in [2.75, 3.05) is 0 Å². The molecule has 1 atom stereocenters. The Hall–Kier alpha value is -3.26. The van der Waals surface area contributed by atoms with Crippen LogP contribution in [0.1, 0.15) is 71.5 Å². The zero-order chi connectivity index (χ0) is 22.2. The van der Waals surface area contributed by atoms with Gasteiger partial charge >= 0.3 is 5.97 Å². The molecule has 0 spiro atoms. The Labute approximate surface area is 181 Å². The summed E-state index contributed by atoms with van der Waals surface area (Å²) in [6, 6.07) is 6.21. The number of H-pyrrole nitrogens is 1. The number of imidazole rings is 1. The lowest BCUT2D eigenvalue weighted by Gasteiger charge is -2.20. The summed E-state index contributed by atoms with van der Waals surface area (Å²) in [4.78, 5) is 37.3. The number of hydrogen-bond acceptors (Lipinski definition) is 7. The van der Waals surface area contributed by atoms with E-state index in [4.69, 9.17) is 10.5 Å². The molecule has 0 amide bonds. The van der Waals surface area contributed by atoms with Crippen molar-refractivity contribution in [3.05, 3.63) is 58.3 Å². The smallest absolute Gasteiger partial charge is 0.338 e. The van der Waals surface area contributed by atoms with Crippen LogP contribution in [0, 0.1) is 0 Å². The number of carbonyl (C=O) groups excluding carboxylic acids is 2. The van der Waals surface area contributed by atoms with Gasteiger partial charge in [-0.15, -0.1) is 0 Å². The van der Waals surface area contributed by atoms with Gasteiger partial charge < -0.3 is 20.8 Å². The Balaban J connectivity index is 1.49. The third-order valence-electron chi connectivity index (χ3n) is 5.10. The number of fused-ring (bicyclic) bond motifs is 2. The number of Topliss-reactive ketones (excluding diaryl/α,β-unsaturated/α-hetero) is 1. The molecule has 0 saturated carbocycles. The lowest BCUT2D eigenvalue weighted by molar-refractivity contribution is 0.00693. The average Bonchev–Trinajstić information content (AvgIpc) is 3.17. The van der Waals surface area contributed by atoms with Gasteiger partial charge in [0.2, 0.25) is 5.78 Å². The van der Waals surface area contributed by atoms with Crippen molar-refractivity contribution in [2.24, 2.45) is 10.7 Å². The van der Waals surface area contributed by atoms with Crippen LogP contribution in [0.3, 0.4) is 0 Å². The number of aromatic nitrogens is 2. The molecule has 8 heteroatoms. The van der Waals surface area contributed by atoms with Crippen LogP contribution in [0.5, 0.6) is 0 Å². The van der Waals surface area contributed by atoms with E-state index in [1.165, 1.54) is 0 Å². The van der Waals surface area contributed by atoms with Crippen LogP contribution < -0.4 is 11.1 Å². The highest BCUT2D eigenvalue weighted by atomic mass is 16.6. The van der Waals surface area contributed by atoms with Crippen LogP contribution in [-0.2, 0) is 17.7 Å². The maximum atomic E-state index is 12.9. The van der Waals surface area contributed by atoms with Crippen LogP contribution >= 0.6 is 0 Å². The SMILES string of the molecule is CC(C)(C)OC(=O)c1cccc(C[C@H](N)C(=O)c2nc3c([nH]2)CNC2=C3N=CCC2)c1. The minimum absolute atomic E-state index is 0.233. The first kappa shape index (κ1) is 21.0. The number of esters is 1. The van der Waals surface area contributed by atoms with Gasteiger partial charge in [-0.3, -0.25) is 9.79 Å². The minimum atomic E-state index is -0.794. The first-order valence-corrected chi connectivity index (χ1v) is 10.4. The molecule has 8 nitrogen and oxygen atoms in total. The van der Waals surface area contributed by atoms with E-state index in [1.54, 1.807) is 18.2 Å². The lowest BCUT2D eigenvalue weighted by atomic mass is 10.0. The number of ketones is 1. The third kappa shape index (κ3) is 4.59. The van der Waals surface area contributed by atoms with Crippen molar-refractivity contribution in [2.45, 2.75) is 58.2 Å². The fourth-order valence-corrected chi connectivity index (χ4v) is 3.67. The van der Waals surface area contributed by atoms with E-state index in [0.717, 1.165) is 35.5 Å². The molecule has 1 aromatic carbocycles. The van der Waals surface area contributed by atoms with Crippen molar-refractivity contribution < 1.29 is 14.3 Å². The van der Waals surface area contributed by atoms with Crippen LogP contribution in [-0.4, -0.2) is 39.6 Å². The van der Waals surface area contributed by atoms with Crippen LogP contribution in [0.4, 0.5) is 0 Å². The molecular weight excluding hydrogens is 394 g/mol. The Morgan fingerprint density at radius 1 is 1.29 bits per heavy atom. The number of nitrogens with zero attached hydrogens (tertiary/aromatic N) is 2. The quantitative estimate of drug-likeness (QED) is 0.504. The summed E-state index contributed by atoms with van der Waals surface area (Å²) in [6.07, 6.45) is 3.94. The highest BCUT2D eigenvalue weighted by Gasteiger charge is 2.27. The summed E-state index contributed by atoms with van der Waals surface area (Å²) in [5.41, 5.74) is 10.3. The molecule has 2 aliphatic rings. The molecule has 4 rings (SSSR count). The molecule has 2 aromatic rings. The molecule has 4 N–H and O–H groups in total. The van der Waals surface area contributed by atoms with E-state index >= 15 is 0 Å². The Kier molecular flexibility index (Phi) is 5.49. The zero-order valence-electron chi connectivity index (χ0n) is 18.0. The summed E-state index contributed by atoms with van der Waals surface area (Å²) in [7, 11) is 0. The van der Waals surface area contributed by atoms with E-state index in [1.807, 2.05) is 33.1 Å². The molecule has 1 aromatic heterocycles. The maximum Gasteiger partial charge on any atom is 0.338 e. The van der Waals surface area contributed by atoms with Crippen molar-refractivity contribution in [3.8, 4) is 0 Å². The van der Waals surface area contributed by atoms with Crippen molar-refractivity contribution in [3.63, 3.8) is 0 Å². The number of aromatic amines is 1. The average molecular weight is 422 g/mol. The van der Waals surface area contributed by atoms with Crippen molar-refractivity contribution in [1.82, 2.24) is 15.3 Å². The monoisotopic (exact) mass is 421 g/mol. The number of hydrogen-bond donors (Lipinski definition) is 3. The van der Waals surface area contributed by atoms with Gasteiger partial charge in [-0.1, -0.05) is 12.1 Å². The summed E-state index contributed by atoms with van der Waals surface area (Å²) in [5.74, 6) is -0.450. The van der Waals surface area contributed by atoms with E-state index in [9.17, 15) is 9.59 Å². The predicted molar refractivity (Wildman–Crippen MR) is 118 cm³/mol.